The minimum atomic E-state index is -4.65. The van der Waals surface area contributed by atoms with Crippen molar-refractivity contribution < 1.29 is 35.9 Å². The van der Waals surface area contributed by atoms with Crippen molar-refractivity contribution >= 4 is 56.1 Å². The molecule has 8 nitrogen and oxygen atoms in total. The Hall–Kier alpha value is -1.99. The number of fused-ring (bicyclic) bond motifs is 1. The summed E-state index contributed by atoms with van der Waals surface area (Å²) in [6.07, 6.45) is -5.55. The van der Waals surface area contributed by atoms with Gasteiger partial charge in [-0.15, -0.1) is 0 Å². The number of hydrogen-bond acceptors (Lipinski definition) is 6. The molecule has 188 valence electrons. The summed E-state index contributed by atoms with van der Waals surface area (Å²) in [4.78, 5) is 29.5. The lowest BCUT2D eigenvalue weighted by Gasteiger charge is -2.26. The van der Waals surface area contributed by atoms with E-state index in [2.05, 4.69) is 10.3 Å². The summed E-state index contributed by atoms with van der Waals surface area (Å²) in [7, 11) is -3.42. The Bertz CT molecular complexity index is 1120. The molecule has 34 heavy (non-hydrogen) atoms. The summed E-state index contributed by atoms with van der Waals surface area (Å²) < 4.78 is 69.3. The molecule has 1 aromatic rings. The number of carbonyl (C=O) groups is 2. The second kappa shape index (κ2) is 9.57. The van der Waals surface area contributed by atoms with Crippen LogP contribution in [0.5, 0.6) is 0 Å². The normalized spacial score (nSPS) is 23.1. The predicted molar refractivity (Wildman–Crippen MR) is 124 cm³/mol. The summed E-state index contributed by atoms with van der Waals surface area (Å²) in [5.41, 5.74) is -1.75. The predicted octanol–water partition coefficient (Wildman–Crippen LogP) is 3.88. The molecule has 1 aromatic carbocycles. The number of anilines is 1. The second-order valence-corrected chi connectivity index (χ2v) is 12.6. The number of alkyl halides is 3. The third-order valence-corrected chi connectivity index (χ3v) is 8.36. The van der Waals surface area contributed by atoms with Crippen LogP contribution in [-0.4, -0.2) is 60.5 Å². The van der Waals surface area contributed by atoms with Gasteiger partial charge in [0, 0.05) is 18.2 Å². The van der Waals surface area contributed by atoms with Crippen LogP contribution in [0.2, 0.25) is 5.02 Å². The SMILES string of the molecule is CC(C)(C)OC(=O)NCCC(=O)N=C1S[C@H]2CS(=O)(=O)C[C@H]2N1c1cc(C(F)(F)F)ccc1Cl. The maximum atomic E-state index is 13.3. The van der Waals surface area contributed by atoms with E-state index in [4.69, 9.17) is 16.3 Å². The fraction of sp³-hybridized carbons (Fsp3) is 0.550. The average molecular weight is 542 g/mol. The monoisotopic (exact) mass is 541 g/mol. The van der Waals surface area contributed by atoms with Crippen LogP contribution in [0.15, 0.2) is 23.2 Å². The van der Waals surface area contributed by atoms with E-state index >= 15 is 0 Å². The Balaban J connectivity index is 1.83. The van der Waals surface area contributed by atoms with Crippen molar-refractivity contribution in [3.05, 3.63) is 28.8 Å². The van der Waals surface area contributed by atoms with Crippen molar-refractivity contribution in [2.45, 2.75) is 50.3 Å². The zero-order chi connectivity index (χ0) is 25.5. The number of nitrogens with one attached hydrogen (secondary N) is 1. The molecule has 2 fully saturated rings. The highest BCUT2D eigenvalue weighted by molar-refractivity contribution is 8.16. The molecule has 1 N–H and O–H groups in total. The third kappa shape index (κ3) is 6.57. The highest BCUT2D eigenvalue weighted by atomic mass is 35.5. The van der Waals surface area contributed by atoms with Crippen molar-refractivity contribution in [3.63, 3.8) is 0 Å². The fourth-order valence-electron chi connectivity index (χ4n) is 3.47. The van der Waals surface area contributed by atoms with E-state index < -0.39 is 50.5 Å². The summed E-state index contributed by atoms with van der Waals surface area (Å²) >= 11 is 7.20. The van der Waals surface area contributed by atoms with Gasteiger partial charge in [0.2, 0.25) is 5.91 Å². The number of ether oxygens (including phenoxy) is 1. The molecule has 2 heterocycles. The van der Waals surface area contributed by atoms with E-state index in [0.29, 0.717) is 0 Å². The Morgan fingerprint density at radius 1 is 1.26 bits per heavy atom. The maximum Gasteiger partial charge on any atom is 0.416 e. The molecule has 0 radical (unpaired) electrons. The zero-order valence-corrected chi connectivity index (χ0v) is 20.9. The first-order valence-electron chi connectivity index (χ1n) is 10.2. The number of benzene rings is 1. The van der Waals surface area contributed by atoms with E-state index in [0.717, 1.165) is 30.0 Å². The van der Waals surface area contributed by atoms with E-state index in [1.807, 2.05) is 0 Å². The second-order valence-electron chi connectivity index (χ2n) is 8.80. The van der Waals surface area contributed by atoms with Gasteiger partial charge in [0.1, 0.15) is 5.60 Å². The van der Waals surface area contributed by atoms with Gasteiger partial charge >= 0.3 is 12.3 Å². The van der Waals surface area contributed by atoms with Crippen LogP contribution in [0, 0.1) is 0 Å². The Morgan fingerprint density at radius 3 is 2.56 bits per heavy atom. The molecule has 3 rings (SSSR count). The van der Waals surface area contributed by atoms with Gasteiger partial charge < -0.3 is 15.0 Å². The summed E-state index contributed by atoms with van der Waals surface area (Å²) in [5.74, 6) is -1.14. The van der Waals surface area contributed by atoms with Crippen molar-refractivity contribution in [1.82, 2.24) is 5.32 Å². The average Bonchev–Trinajstić information content (AvgIpc) is 3.10. The Morgan fingerprint density at radius 2 is 1.94 bits per heavy atom. The van der Waals surface area contributed by atoms with Crippen molar-refractivity contribution in [2.75, 3.05) is 23.0 Å². The highest BCUT2D eigenvalue weighted by Crippen LogP contribution is 2.44. The van der Waals surface area contributed by atoms with Crippen LogP contribution in [0.4, 0.5) is 23.7 Å². The van der Waals surface area contributed by atoms with Crippen molar-refractivity contribution in [1.29, 1.82) is 0 Å². The first-order chi connectivity index (χ1) is 15.6. The Kier molecular flexibility index (Phi) is 7.49. The smallest absolute Gasteiger partial charge is 0.416 e. The number of hydrogen-bond donors (Lipinski definition) is 1. The molecule has 2 aliphatic heterocycles. The first-order valence-corrected chi connectivity index (χ1v) is 13.2. The van der Waals surface area contributed by atoms with Gasteiger partial charge in [0.25, 0.3) is 0 Å². The lowest BCUT2D eigenvalue weighted by molar-refractivity contribution is -0.137. The number of halogens is 4. The van der Waals surface area contributed by atoms with Crippen LogP contribution < -0.4 is 10.2 Å². The molecule has 2 saturated heterocycles. The molecule has 2 atom stereocenters. The number of amidine groups is 1. The van der Waals surface area contributed by atoms with Gasteiger partial charge in [-0.1, -0.05) is 23.4 Å². The maximum absolute atomic E-state index is 13.3. The lowest BCUT2D eigenvalue weighted by Crippen LogP contribution is -2.38. The molecule has 0 unspecified atom stereocenters. The minimum Gasteiger partial charge on any atom is -0.444 e. The van der Waals surface area contributed by atoms with Gasteiger partial charge in [0.15, 0.2) is 15.0 Å². The molecular formula is C20H23ClF3N3O5S2. The van der Waals surface area contributed by atoms with Gasteiger partial charge in [-0.25, -0.2) is 13.2 Å². The van der Waals surface area contributed by atoms with Gasteiger partial charge in [0.05, 0.1) is 33.8 Å². The number of alkyl carbamates (subject to hydrolysis) is 1. The summed E-state index contributed by atoms with van der Waals surface area (Å²) in [5, 5.41) is 1.94. The molecule has 0 spiro atoms. The van der Waals surface area contributed by atoms with Crippen LogP contribution in [0.1, 0.15) is 32.8 Å². The molecule has 0 bridgehead atoms. The molecular weight excluding hydrogens is 519 g/mol. The minimum absolute atomic E-state index is 0.0368. The molecule has 14 heteroatoms. The Labute approximate surface area is 204 Å². The van der Waals surface area contributed by atoms with E-state index in [9.17, 15) is 31.2 Å². The van der Waals surface area contributed by atoms with E-state index in [1.54, 1.807) is 20.8 Å². The summed E-state index contributed by atoms with van der Waals surface area (Å²) in [6, 6.07) is 2.00. The largest absolute Gasteiger partial charge is 0.444 e. The molecule has 0 aromatic heterocycles. The van der Waals surface area contributed by atoms with Crippen molar-refractivity contribution in [2.24, 2.45) is 4.99 Å². The third-order valence-electron chi connectivity index (χ3n) is 4.83. The topological polar surface area (TPSA) is 105 Å². The van der Waals surface area contributed by atoms with Crippen LogP contribution >= 0.6 is 23.4 Å². The van der Waals surface area contributed by atoms with Gasteiger partial charge in [-0.05, 0) is 39.0 Å². The first kappa shape index (κ1) is 26.6. The quantitative estimate of drug-likeness (QED) is 0.617. The number of aliphatic imine (C=N–C) groups is 1. The van der Waals surface area contributed by atoms with Gasteiger partial charge in [-0.3, -0.25) is 4.79 Å². The highest BCUT2D eigenvalue weighted by Gasteiger charge is 2.50. The van der Waals surface area contributed by atoms with Crippen molar-refractivity contribution in [3.8, 4) is 0 Å². The number of amides is 2. The zero-order valence-electron chi connectivity index (χ0n) is 18.5. The lowest BCUT2D eigenvalue weighted by atomic mass is 10.1. The fourth-order valence-corrected chi connectivity index (χ4v) is 7.60. The number of sulfone groups is 1. The molecule has 0 saturated carbocycles. The number of rotatable bonds is 4. The summed E-state index contributed by atoms with van der Waals surface area (Å²) in [6.45, 7) is 4.99. The molecule has 2 amide bonds. The van der Waals surface area contributed by atoms with Crippen LogP contribution in [0.25, 0.3) is 0 Å². The van der Waals surface area contributed by atoms with E-state index in [-0.39, 0.29) is 40.3 Å². The number of carbonyl (C=O) groups excluding carboxylic acids is 2. The van der Waals surface area contributed by atoms with Gasteiger partial charge in [-0.2, -0.15) is 18.2 Å². The standard InChI is InChI=1S/C20H23ClF3N3O5S2/c1-19(2,3)32-18(29)25-7-6-16(28)26-17-27(14-9-34(30,31)10-15(14)33-17)13-8-11(20(22,23)24)4-5-12(13)21/h4-5,8,14-15H,6-7,9-10H2,1-3H3,(H,25,29)/t14-,15+/m1/s1. The van der Waals surface area contributed by atoms with Crippen LogP contribution in [0.3, 0.4) is 0 Å². The van der Waals surface area contributed by atoms with E-state index in [1.165, 1.54) is 4.90 Å². The molecule has 2 aliphatic rings. The number of nitrogens with zero attached hydrogens (tertiary/aromatic N) is 2. The molecule has 0 aliphatic carbocycles. The van der Waals surface area contributed by atoms with Crippen LogP contribution in [-0.2, 0) is 25.5 Å². The number of thioether (sulfide) groups is 1.